The lowest BCUT2D eigenvalue weighted by Gasteiger charge is -2.33. The summed E-state index contributed by atoms with van der Waals surface area (Å²) in [6.45, 7) is 5.21. The van der Waals surface area contributed by atoms with Crippen molar-refractivity contribution in [1.82, 2.24) is 9.21 Å². The molecule has 0 radical (unpaired) electrons. The maximum Gasteiger partial charge on any atom is 0.243 e. The van der Waals surface area contributed by atoms with Crippen molar-refractivity contribution in [3.63, 3.8) is 0 Å². The zero-order chi connectivity index (χ0) is 24.7. The summed E-state index contributed by atoms with van der Waals surface area (Å²) in [6.07, 6.45) is 2.63. The molecule has 1 amide bonds. The molecule has 9 heteroatoms. The lowest BCUT2D eigenvalue weighted by atomic mass is 9.96. The van der Waals surface area contributed by atoms with Crippen molar-refractivity contribution in [2.45, 2.75) is 24.3 Å². The second kappa shape index (κ2) is 11.4. The Hall–Kier alpha value is -3.04. The van der Waals surface area contributed by atoms with Crippen LogP contribution in [0.3, 0.4) is 0 Å². The van der Waals surface area contributed by atoms with Crippen LogP contribution in [0.4, 0.5) is 0 Å². The Labute approximate surface area is 201 Å². The first-order chi connectivity index (χ1) is 16.3. The van der Waals surface area contributed by atoms with Gasteiger partial charge in [-0.3, -0.25) is 4.79 Å². The van der Waals surface area contributed by atoms with E-state index in [1.807, 2.05) is 24.3 Å². The van der Waals surface area contributed by atoms with Crippen LogP contribution in [0.25, 0.3) is 0 Å². The normalized spacial score (nSPS) is 14.9. The summed E-state index contributed by atoms with van der Waals surface area (Å²) in [5.41, 5.74) is 0.990. The molecule has 184 valence electrons. The number of sulfonamides is 1. The Bertz CT molecular complexity index is 1090. The molecule has 1 heterocycles. The second-order valence-corrected chi connectivity index (χ2v) is 9.99. The molecule has 0 aliphatic carbocycles. The number of carbonyl (C=O) groups is 1. The van der Waals surface area contributed by atoms with Gasteiger partial charge in [0.25, 0.3) is 0 Å². The first-order valence-corrected chi connectivity index (χ1v) is 12.5. The molecule has 0 aromatic heterocycles. The number of carbonyl (C=O) groups excluding carboxylic acids is 1. The van der Waals surface area contributed by atoms with Crippen molar-refractivity contribution in [1.29, 1.82) is 0 Å². The van der Waals surface area contributed by atoms with Crippen LogP contribution in [0.5, 0.6) is 17.2 Å². The standard InChI is InChI=1S/C25H32N2O6S/c1-5-14-26(18-19-6-8-21(31-2)9-7-19)25(28)20-12-15-27(16-13-20)34(29,30)22-10-11-23(32-3)24(17-22)33-4/h5-11,17,20H,1,12-16,18H2,2-4H3. The van der Waals surface area contributed by atoms with Gasteiger partial charge >= 0.3 is 0 Å². The maximum absolute atomic E-state index is 13.3. The van der Waals surface area contributed by atoms with E-state index in [9.17, 15) is 13.2 Å². The second-order valence-electron chi connectivity index (χ2n) is 8.05. The van der Waals surface area contributed by atoms with Gasteiger partial charge in [0.15, 0.2) is 11.5 Å². The van der Waals surface area contributed by atoms with Gasteiger partial charge in [0.2, 0.25) is 15.9 Å². The van der Waals surface area contributed by atoms with Gasteiger partial charge in [0, 0.05) is 38.2 Å². The van der Waals surface area contributed by atoms with Crippen LogP contribution in [-0.4, -0.2) is 64.5 Å². The molecule has 3 rings (SSSR count). The van der Waals surface area contributed by atoms with Crippen molar-refractivity contribution in [2.75, 3.05) is 41.0 Å². The Morgan fingerprint density at radius 3 is 2.24 bits per heavy atom. The average molecular weight is 489 g/mol. The van der Waals surface area contributed by atoms with Gasteiger partial charge in [-0.1, -0.05) is 18.2 Å². The summed E-state index contributed by atoms with van der Waals surface area (Å²) in [7, 11) is 0.865. The van der Waals surface area contributed by atoms with Gasteiger partial charge < -0.3 is 19.1 Å². The van der Waals surface area contributed by atoms with E-state index >= 15 is 0 Å². The molecule has 8 nitrogen and oxygen atoms in total. The van der Waals surface area contributed by atoms with Gasteiger partial charge in [0.05, 0.1) is 26.2 Å². The predicted molar refractivity (Wildman–Crippen MR) is 130 cm³/mol. The Morgan fingerprint density at radius 1 is 1.03 bits per heavy atom. The number of piperidine rings is 1. The molecule has 34 heavy (non-hydrogen) atoms. The van der Waals surface area contributed by atoms with Gasteiger partial charge in [-0.2, -0.15) is 4.31 Å². The minimum absolute atomic E-state index is 0.0129. The van der Waals surface area contributed by atoms with Crippen LogP contribution < -0.4 is 14.2 Å². The van der Waals surface area contributed by atoms with Crippen LogP contribution in [0, 0.1) is 5.92 Å². The van der Waals surface area contributed by atoms with E-state index in [-0.39, 0.29) is 29.8 Å². The number of ether oxygens (including phenoxy) is 3. The molecule has 0 saturated carbocycles. The van der Waals surface area contributed by atoms with Crippen LogP contribution in [0.2, 0.25) is 0 Å². The van der Waals surface area contributed by atoms with Crippen molar-refractivity contribution >= 4 is 15.9 Å². The molecule has 1 aliphatic heterocycles. The van der Waals surface area contributed by atoms with E-state index in [4.69, 9.17) is 14.2 Å². The summed E-state index contributed by atoms with van der Waals surface area (Å²) in [5, 5.41) is 0. The van der Waals surface area contributed by atoms with Crippen molar-refractivity contribution in [3.05, 3.63) is 60.7 Å². The summed E-state index contributed by atoms with van der Waals surface area (Å²) >= 11 is 0. The first-order valence-electron chi connectivity index (χ1n) is 11.1. The summed E-state index contributed by atoms with van der Waals surface area (Å²) < 4.78 is 43.4. The number of methoxy groups -OCH3 is 3. The Balaban J connectivity index is 1.67. The molecule has 1 fully saturated rings. The van der Waals surface area contributed by atoms with Gasteiger partial charge in [-0.15, -0.1) is 6.58 Å². The topological polar surface area (TPSA) is 85.4 Å². The van der Waals surface area contributed by atoms with E-state index in [0.29, 0.717) is 37.4 Å². The maximum atomic E-state index is 13.3. The fourth-order valence-electron chi connectivity index (χ4n) is 4.07. The molecule has 0 unspecified atom stereocenters. The minimum Gasteiger partial charge on any atom is -0.497 e. The van der Waals surface area contributed by atoms with Crippen LogP contribution in [0.1, 0.15) is 18.4 Å². The first kappa shape index (κ1) is 25.6. The highest BCUT2D eigenvalue weighted by atomic mass is 32.2. The summed E-state index contributed by atoms with van der Waals surface area (Å²) in [5.74, 6) is 1.35. The molecular weight excluding hydrogens is 456 g/mol. The van der Waals surface area contributed by atoms with Gasteiger partial charge in [0.1, 0.15) is 5.75 Å². The molecule has 0 bridgehead atoms. The molecule has 0 N–H and O–H groups in total. The monoisotopic (exact) mass is 488 g/mol. The third kappa shape index (κ3) is 5.71. The fourth-order valence-corrected chi connectivity index (χ4v) is 5.55. The lowest BCUT2D eigenvalue weighted by molar-refractivity contribution is -0.136. The minimum atomic E-state index is -3.71. The third-order valence-corrected chi connectivity index (χ3v) is 7.88. The number of amides is 1. The highest BCUT2D eigenvalue weighted by Crippen LogP contribution is 2.32. The van der Waals surface area contributed by atoms with Crippen LogP contribution in [-0.2, 0) is 21.4 Å². The molecule has 1 saturated heterocycles. The number of hydrogen-bond donors (Lipinski definition) is 0. The van der Waals surface area contributed by atoms with E-state index in [1.165, 1.54) is 30.7 Å². The molecule has 0 spiro atoms. The quantitative estimate of drug-likeness (QED) is 0.477. The number of nitrogens with zero attached hydrogens (tertiary/aromatic N) is 2. The largest absolute Gasteiger partial charge is 0.497 e. The fraction of sp³-hybridized carbons (Fsp3) is 0.400. The van der Waals surface area contributed by atoms with E-state index in [2.05, 4.69) is 6.58 Å². The highest BCUT2D eigenvalue weighted by Gasteiger charge is 2.34. The number of rotatable bonds is 10. The third-order valence-electron chi connectivity index (χ3n) is 5.99. The smallest absolute Gasteiger partial charge is 0.243 e. The van der Waals surface area contributed by atoms with Crippen molar-refractivity contribution < 1.29 is 27.4 Å². The lowest BCUT2D eigenvalue weighted by Crippen LogP contribution is -2.44. The molecule has 0 atom stereocenters. The predicted octanol–water partition coefficient (Wildman–Crippen LogP) is 3.33. The molecule has 2 aromatic carbocycles. The highest BCUT2D eigenvalue weighted by molar-refractivity contribution is 7.89. The van der Waals surface area contributed by atoms with E-state index in [1.54, 1.807) is 24.2 Å². The zero-order valence-electron chi connectivity index (χ0n) is 19.9. The zero-order valence-corrected chi connectivity index (χ0v) is 20.7. The van der Waals surface area contributed by atoms with Gasteiger partial charge in [-0.05, 0) is 42.7 Å². The van der Waals surface area contributed by atoms with Crippen LogP contribution in [0.15, 0.2) is 60.0 Å². The van der Waals surface area contributed by atoms with E-state index in [0.717, 1.165) is 11.3 Å². The SMILES string of the molecule is C=CCN(Cc1ccc(OC)cc1)C(=O)C1CCN(S(=O)(=O)c2ccc(OC)c(OC)c2)CC1. The molecule has 1 aliphatic rings. The summed E-state index contributed by atoms with van der Waals surface area (Å²) in [6, 6.07) is 12.1. The number of benzene rings is 2. The van der Waals surface area contributed by atoms with Crippen molar-refractivity contribution in [3.8, 4) is 17.2 Å². The van der Waals surface area contributed by atoms with Gasteiger partial charge in [-0.25, -0.2) is 8.42 Å². The summed E-state index contributed by atoms with van der Waals surface area (Å²) in [4.78, 5) is 15.2. The molecule has 2 aromatic rings. The number of hydrogen-bond acceptors (Lipinski definition) is 6. The average Bonchev–Trinajstić information content (AvgIpc) is 2.88. The van der Waals surface area contributed by atoms with E-state index < -0.39 is 10.0 Å². The van der Waals surface area contributed by atoms with Crippen LogP contribution >= 0.6 is 0 Å². The Kier molecular flexibility index (Phi) is 8.57. The Morgan fingerprint density at radius 2 is 1.68 bits per heavy atom. The molecular formula is C25H32N2O6S. The van der Waals surface area contributed by atoms with Crippen molar-refractivity contribution in [2.24, 2.45) is 5.92 Å².